The Labute approximate surface area is 195 Å². The number of benzene rings is 1. The average molecular weight is 444 g/mol. The molecule has 33 heavy (non-hydrogen) atoms. The van der Waals surface area contributed by atoms with Crippen LogP contribution in [0.2, 0.25) is 0 Å². The first-order chi connectivity index (χ1) is 16.2. The highest BCUT2D eigenvalue weighted by Gasteiger charge is 2.23. The van der Waals surface area contributed by atoms with Crippen LogP contribution in [-0.4, -0.2) is 32.2 Å². The smallest absolute Gasteiger partial charge is 0.269 e. The van der Waals surface area contributed by atoms with Crippen LogP contribution in [-0.2, 0) is 6.54 Å². The standard InChI is InChI=1S/C27H33N5O/c1-2-3-4-5-19-6-8-20(9-7-19)21-10-12-22(13-11-21)26-28-15-14-23(30-26)24-18-25-27(33)29-16-17-32(25)31-24/h10-15,18-20H,2-9,16-17H2,1H3,(H,29,33). The van der Waals surface area contributed by atoms with Gasteiger partial charge in [-0.15, -0.1) is 0 Å². The fourth-order valence-electron chi connectivity index (χ4n) is 5.27. The van der Waals surface area contributed by atoms with Crippen LogP contribution < -0.4 is 5.32 Å². The van der Waals surface area contributed by atoms with Gasteiger partial charge in [0.15, 0.2) is 5.82 Å². The summed E-state index contributed by atoms with van der Waals surface area (Å²) in [5, 5.41) is 7.43. The Hall–Kier alpha value is -3.02. The summed E-state index contributed by atoms with van der Waals surface area (Å²) in [6.45, 7) is 3.57. The van der Waals surface area contributed by atoms with E-state index in [1.807, 2.05) is 12.1 Å². The van der Waals surface area contributed by atoms with Gasteiger partial charge < -0.3 is 5.32 Å². The molecule has 2 aromatic heterocycles. The largest absolute Gasteiger partial charge is 0.349 e. The highest BCUT2D eigenvalue weighted by molar-refractivity contribution is 5.94. The number of hydrogen-bond donors (Lipinski definition) is 1. The first kappa shape index (κ1) is 21.8. The molecule has 3 heterocycles. The maximum atomic E-state index is 12.1. The molecule has 1 fully saturated rings. The first-order valence-electron chi connectivity index (χ1n) is 12.5. The first-order valence-corrected chi connectivity index (χ1v) is 12.5. The minimum atomic E-state index is -0.0835. The predicted molar refractivity (Wildman–Crippen MR) is 130 cm³/mol. The van der Waals surface area contributed by atoms with E-state index < -0.39 is 0 Å². The van der Waals surface area contributed by atoms with Crippen LogP contribution in [0.5, 0.6) is 0 Å². The van der Waals surface area contributed by atoms with E-state index in [9.17, 15) is 4.79 Å². The number of rotatable bonds is 7. The van der Waals surface area contributed by atoms with Gasteiger partial charge in [-0.1, -0.05) is 56.9 Å². The minimum Gasteiger partial charge on any atom is -0.349 e. The highest BCUT2D eigenvalue weighted by atomic mass is 16.2. The molecular formula is C27H33N5O. The molecule has 0 bridgehead atoms. The van der Waals surface area contributed by atoms with E-state index >= 15 is 0 Å². The minimum absolute atomic E-state index is 0.0835. The fourth-order valence-corrected chi connectivity index (χ4v) is 5.27. The Morgan fingerprint density at radius 3 is 2.61 bits per heavy atom. The van der Waals surface area contributed by atoms with Crippen molar-refractivity contribution in [3.05, 3.63) is 53.9 Å². The van der Waals surface area contributed by atoms with Gasteiger partial charge >= 0.3 is 0 Å². The van der Waals surface area contributed by atoms with E-state index in [4.69, 9.17) is 4.98 Å². The van der Waals surface area contributed by atoms with Crippen LogP contribution in [0, 0.1) is 5.92 Å². The quantitative estimate of drug-likeness (QED) is 0.482. The van der Waals surface area contributed by atoms with E-state index in [-0.39, 0.29) is 5.91 Å². The molecule has 0 atom stereocenters. The lowest BCUT2D eigenvalue weighted by atomic mass is 9.77. The number of hydrogen-bond acceptors (Lipinski definition) is 4. The summed E-state index contributed by atoms with van der Waals surface area (Å²) in [6.07, 6.45) is 12.6. The van der Waals surface area contributed by atoms with Crippen molar-refractivity contribution in [2.24, 2.45) is 5.92 Å². The third-order valence-corrected chi connectivity index (χ3v) is 7.24. The number of amides is 1. The van der Waals surface area contributed by atoms with Crippen LogP contribution in [0.1, 0.15) is 80.3 Å². The second-order valence-electron chi connectivity index (χ2n) is 9.49. The molecule has 0 spiro atoms. The van der Waals surface area contributed by atoms with Crippen molar-refractivity contribution in [2.45, 2.75) is 70.8 Å². The van der Waals surface area contributed by atoms with E-state index in [0.717, 1.165) is 17.2 Å². The van der Waals surface area contributed by atoms with Crippen LogP contribution in [0.3, 0.4) is 0 Å². The number of nitrogens with one attached hydrogen (secondary N) is 1. The summed E-state index contributed by atoms with van der Waals surface area (Å²) in [5.41, 5.74) is 4.48. The van der Waals surface area contributed by atoms with Crippen LogP contribution >= 0.6 is 0 Å². The summed E-state index contributed by atoms with van der Waals surface area (Å²) in [6, 6.07) is 12.5. The van der Waals surface area contributed by atoms with Crippen molar-refractivity contribution in [1.29, 1.82) is 0 Å². The van der Waals surface area contributed by atoms with Crippen LogP contribution in [0.4, 0.5) is 0 Å². The Kier molecular flexibility index (Phi) is 6.51. The second kappa shape index (κ2) is 9.86. The van der Waals surface area contributed by atoms with Gasteiger partial charge in [0.25, 0.3) is 5.91 Å². The molecule has 1 saturated carbocycles. The summed E-state index contributed by atoms with van der Waals surface area (Å²) >= 11 is 0. The Morgan fingerprint density at radius 1 is 1.03 bits per heavy atom. The summed E-state index contributed by atoms with van der Waals surface area (Å²) < 4.78 is 1.75. The molecule has 1 amide bonds. The van der Waals surface area contributed by atoms with Gasteiger partial charge in [-0.3, -0.25) is 9.48 Å². The maximum Gasteiger partial charge on any atom is 0.269 e. The second-order valence-corrected chi connectivity index (χ2v) is 9.49. The van der Waals surface area contributed by atoms with E-state index in [2.05, 4.69) is 46.6 Å². The number of nitrogens with zero attached hydrogens (tertiary/aromatic N) is 4. The van der Waals surface area contributed by atoms with Gasteiger partial charge in [0.1, 0.15) is 11.4 Å². The Balaban J connectivity index is 1.26. The van der Waals surface area contributed by atoms with Gasteiger partial charge in [-0.2, -0.15) is 5.10 Å². The lowest BCUT2D eigenvalue weighted by Crippen LogP contribution is -2.35. The molecule has 1 N–H and O–H groups in total. The number of carbonyl (C=O) groups is 1. The molecule has 2 aliphatic rings. The van der Waals surface area contributed by atoms with Gasteiger partial charge in [-0.05, 0) is 55.2 Å². The molecular weight excluding hydrogens is 410 g/mol. The monoisotopic (exact) mass is 443 g/mol. The topological polar surface area (TPSA) is 72.7 Å². The normalized spacial score (nSPS) is 20.3. The molecule has 6 heteroatoms. The zero-order valence-corrected chi connectivity index (χ0v) is 19.5. The molecule has 3 aromatic rings. The molecule has 0 radical (unpaired) electrons. The van der Waals surface area contributed by atoms with Crippen LogP contribution in [0.25, 0.3) is 22.8 Å². The zero-order chi connectivity index (χ0) is 22.6. The summed E-state index contributed by atoms with van der Waals surface area (Å²) in [7, 11) is 0. The molecule has 172 valence electrons. The molecule has 6 nitrogen and oxygen atoms in total. The van der Waals surface area contributed by atoms with Gasteiger partial charge in [0.2, 0.25) is 0 Å². The van der Waals surface area contributed by atoms with Crippen LogP contribution in [0.15, 0.2) is 42.6 Å². The maximum absolute atomic E-state index is 12.1. The third-order valence-electron chi connectivity index (χ3n) is 7.24. The van der Waals surface area contributed by atoms with Crippen molar-refractivity contribution in [2.75, 3.05) is 6.54 Å². The zero-order valence-electron chi connectivity index (χ0n) is 19.5. The number of aromatic nitrogens is 4. The lowest BCUT2D eigenvalue weighted by Gasteiger charge is -2.29. The van der Waals surface area contributed by atoms with Crippen molar-refractivity contribution in [3.8, 4) is 22.8 Å². The van der Waals surface area contributed by atoms with Gasteiger partial charge in [0, 0.05) is 18.3 Å². The van der Waals surface area contributed by atoms with Crippen molar-refractivity contribution in [3.63, 3.8) is 0 Å². The van der Waals surface area contributed by atoms with Gasteiger partial charge in [0.05, 0.1) is 12.2 Å². The SMILES string of the molecule is CCCCCC1CCC(c2ccc(-c3nccc(-c4cc5n(n4)CCNC5=O)n3)cc2)CC1. The molecule has 0 saturated heterocycles. The fraction of sp³-hybridized carbons (Fsp3) is 0.481. The molecule has 1 aliphatic carbocycles. The molecule has 5 rings (SSSR count). The van der Waals surface area contributed by atoms with Crippen molar-refractivity contribution in [1.82, 2.24) is 25.1 Å². The van der Waals surface area contributed by atoms with Gasteiger partial charge in [-0.25, -0.2) is 9.97 Å². The van der Waals surface area contributed by atoms with E-state index in [0.29, 0.717) is 36.2 Å². The lowest BCUT2D eigenvalue weighted by molar-refractivity contribution is 0.0924. The Bertz CT molecular complexity index is 1100. The molecule has 1 aromatic carbocycles. The van der Waals surface area contributed by atoms with Crippen molar-refractivity contribution < 1.29 is 4.79 Å². The molecule has 0 unspecified atom stereocenters. The molecule has 1 aliphatic heterocycles. The summed E-state index contributed by atoms with van der Waals surface area (Å²) in [5.74, 6) is 2.22. The van der Waals surface area contributed by atoms with E-state index in [1.165, 1.54) is 56.9 Å². The number of fused-ring (bicyclic) bond motifs is 1. The highest BCUT2D eigenvalue weighted by Crippen LogP contribution is 2.38. The van der Waals surface area contributed by atoms with Crippen molar-refractivity contribution >= 4 is 5.91 Å². The van der Waals surface area contributed by atoms with E-state index in [1.54, 1.807) is 10.9 Å². The predicted octanol–water partition coefficient (Wildman–Crippen LogP) is 5.60. The number of carbonyl (C=O) groups excluding carboxylic acids is 1. The number of unbranched alkanes of at least 4 members (excludes halogenated alkanes) is 2. The summed E-state index contributed by atoms with van der Waals surface area (Å²) in [4.78, 5) is 21.3. The average Bonchev–Trinajstić information content (AvgIpc) is 3.31. The third kappa shape index (κ3) is 4.85. The Morgan fingerprint density at radius 2 is 1.85 bits per heavy atom.